The quantitative estimate of drug-likeness (QED) is 0.766. The summed E-state index contributed by atoms with van der Waals surface area (Å²) in [4.78, 5) is 39.6. The first-order valence-corrected chi connectivity index (χ1v) is 9.69. The first-order valence-electron chi connectivity index (χ1n) is 9.69. The molecule has 1 atom stereocenters. The minimum Gasteiger partial charge on any atom is -0.508 e. The fourth-order valence-electron chi connectivity index (χ4n) is 4.54. The minimum absolute atomic E-state index is 0.0494. The van der Waals surface area contributed by atoms with Crippen LogP contribution in [-0.2, 0) is 4.79 Å². The van der Waals surface area contributed by atoms with Gasteiger partial charge in [-0.25, -0.2) is 0 Å². The first-order chi connectivity index (χ1) is 14.5. The number of carbonyl (C=O) groups excluding carboxylic acids is 3. The lowest BCUT2D eigenvalue weighted by atomic mass is 9.70. The Labute approximate surface area is 172 Å². The van der Waals surface area contributed by atoms with Gasteiger partial charge in [0.25, 0.3) is 0 Å². The standard InChI is InChI=1S/C24H16N2O4/c25-11-12-4-6-13(7-5-12)19-20-17(2-1-3-18(20)28)26-22-21(19)23(29)16-10-14(27)8-9-15(16)24(22)30/h4-10,19,26-27H,1-3H2. The van der Waals surface area contributed by atoms with E-state index in [0.29, 0.717) is 41.7 Å². The Morgan fingerprint density at radius 2 is 1.70 bits per heavy atom. The van der Waals surface area contributed by atoms with Crippen molar-refractivity contribution in [2.24, 2.45) is 0 Å². The molecule has 2 aromatic rings. The van der Waals surface area contributed by atoms with Gasteiger partial charge in [-0.1, -0.05) is 12.1 Å². The summed E-state index contributed by atoms with van der Waals surface area (Å²) in [7, 11) is 0. The second kappa shape index (κ2) is 6.53. The Bertz CT molecular complexity index is 1260. The number of allylic oxidation sites excluding steroid dienone is 4. The molecule has 30 heavy (non-hydrogen) atoms. The number of dihydropyridines is 1. The zero-order valence-electron chi connectivity index (χ0n) is 15.9. The van der Waals surface area contributed by atoms with Gasteiger partial charge in [-0.3, -0.25) is 14.4 Å². The molecule has 1 heterocycles. The van der Waals surface area contributed by atoms with E-state index in [1.165, 1.54) is 18.2 Å². The maximum absolute atomic E-state index is 13.5. The van der Waals surface area contributed by atoms with Crippen molar-refractivity contribution in [3.05, 3.63) is 87.3 Å². The van der Waals surface area contributed by atoms with Crippen LogP contribution in [0, 0.1) is 11.3 Å². The zero-order chi connectivity index (χ0) is 21.0. The predicted octanol–water partition coefficient (Wildman–Crippen LogP) is 3.29. The Morgan fingerprint density at radius 1 is 0.933 bits per heavy atom. The van der Waals surface area contributed by atoms with E-state index in [1.807, 2.05) is 0 Å². The van der Waals surface area contributed by atoms with Gasteiger partial charge in [-0.05, 0) is 48.7 Å². The third-order valence-corrected chi connectivity index (χ3v) is 5.92. The van der Waals surface area contributed by atoms with Crippen LogP contribution in [0.15, 0.2) is 65.0 Å². The average molecular weight is 396 g/mol. The Morgan fingerprint density at radius 3 is 2.43 bits per heavy atom. The Kier molecular flexibility index (Phi) is 3.93. The smallest absolute Gasteiger partial charge is 0.210 e. The molecule has 2 N–H and O–H groups in total. The second-order valence-electron chi connectivity index (χ2n) is 7.64. The number of phenolic OH excluding ortho intramolecular Hbond substituents is 1. The number of hydrogen-bond acceptors (Lipinski definition) is 6. The molecule has 2 aliphatic carbocycles. The summed E-state index contributed by atoms with van der Waals surface area (Å²) in [6.45, 7) is 0. The number of ketones is 3. The van der Waals surface area contributed by atoms with Crippen LogP contribution >= 0.6 is 0 Å². The number of nitrogens with one attached hydrogen (secondary N) is 1. The van der Waals surface area contributed by atoms with Crippen molar-refractivity contribution in [1.82, 2.24) is 5.32 Å². The van der Waals surface area contributed by atoms with Crippen molar-refractivity contribution in [2.75, 3.05) is 0 Å². The maximum atomic E-state index is 13.5. The second-order valence-corrected chi connectivity index (χ2v) is 7.64. The number of fused-ring (bicyclic) bond motifs is 1. The van der Waals surface area contributed by atoms with E-state index in [1.54, 1.807) is 24.3 Å². The normalized spacial score (nSPS) is 20.2. The van der Waals surface area contributed by atoms with E-state index in [4.69, 9.17) is 5.26 Å². The summed E-state index contributed by atoms with van der Waals surface area (Å²) in [5.74, 6) is -1.56. The average Bonchev–Trinajstić information content (AvgIpc) is 2.76. The lowest BCUT2D eigenvalue weighted by molar-refractivity contribution is -0.116. The fraction of sp³-hybridized carbons (Fsp3) is 0.167. The molecule has 5 rings (SSSR count). The van der Waals surface area contributed by atoms with Crippen LogP contribution in [0.5, 0.6) is 5.75 Å². The van der Waals surface area contributed by atoms with Crippen LogP contribution in [0.1, 0.15) is 57.0 Å². The van der Waals surface area contributed by atoms with E-state index in [9.17, 15) is 19.5 Å². The highest BCUT2D eigenvalue weighted by atomic mass is 16.3. The number of phenols is 1. The lowest BCUT2D eigenvalue weighted by Crippen LogP contribution is -2.40. The number of Topliss-reactive ketones (excluding diaryl/α,β-unsaturated/α-hetero) is 3. The van der Waals surface area contributed by atoms with Crippen LogP contribution in [0.25, 0.3) is 0 Å². The van der Waals surface area contributed by atoms with E-state index >= 15 is 0 Å². The highest BCUT2D eigenvalue weighted by Gasteiger charge is 2.44. The lowest BCUT2D eigenvalue weighted by Gasteiger charge is -2.36. The van der Waals surface area contributed by atoms with E-state index in [-0.39, 0.29) is 45.5 Å². The topological polar surface area (TPSA) is 107 Å². The van der Waals surface area contributed by atoms with E-state index in [0.717, 1.165) is 0 Å². The number of nitrogens with zero attached hydrogens (tertiary/aromatic N) is 1. The van der Waals surface area contributed by atoms with Gasteiger partial charge in [-0.15, -0.1) is 0 Å². The van der Waals surface area contributed by atoms with Gasteiger partial charge in [0.2, 0.25) is 5.78 Å². The molecule has 0 saturated carbocycles. The molecule has 146 valence electrons. The predicted molar refractivity (Wildman–Crippen MR) is 107 cm³/mol. The summed E-state index contributed by atoms with van der Waals surface area (Å²) in [5, 5.41) is 22.1. The molecule has 0 amide bonds. The number of rotatable bonds is 1. The first kappa shape index (κ1) is 18.1. The van der Waals surface area contributed by atoms with Crippen LogP contribution in [0.2, 0.25) is 0 Å². The molecular weight excluding hydrogens is 380 g/mol. The van der Waals surface area contributed by atoms with Crippen molar-refractivity contribution < 1.29 is 19.5 Å². The van der Waals surface area contributed by atoms with Gasteiger partial charge in [0.15, 0.2) is 11.6 Å². The Balaban J connectivity index is 1.75. The fourth-order valence-corrected chi connectivity index (χ4v) is 4.54. The number of carbonyl (C=O) groups is 3. The largest absolute Gasteiger partial charge is 0.508 e. The molecule has 1 unspecified atom stereocenters. The summed E-state index contributed by atoms with van der Waals surface area (Å²) < 4.78 is 0. The molecule has 1 aliphatic heterocycles. The molecule has 0 fully saturated rings. The van der Waals surface area contributed by atoms with Gasteiger partial charge in [-0.2, -0.15) is 5.26 Å². The SMILES string of the molecule is N#Cc1ccc(C2C3=C(CCCC3=O)NC3=C2C(=O)c2cc(O)ccc2C3=O)cc1. The van der Waals surface area contributed by atoms with Crippen molar-refractivity contribution in [2.45, 2.75) is 25.2 Å². The van der Waals surface area contributed by atoms with Crippen molar-refractivity contribution >= 4 is 17.3 Å². The van der Waals surface area contributed by atoms with Gasteiger partial charge in [0, 0.05) is 40.3 Å². The molecule has 3 aliphatic rings. The summed E-state index contributed by atoms with van der Waals surface area (Å²) in [6.07, 6.45) is 1.68. The van der Waals surface area contributed by atoms with Gasteiger partial charge >= 0.3 is 0 Å². The monoisotopic (exact) mass is 396 g/mol. The molecule has 0 radical (unpaired) electrons. The van der Waals surface area contributed by atoms with Gasteiger partial charge in [0.1, 0.15) is 5.75 Å². The van der Waals surface area contributed by atoms with Crippen LogP contribution < -0.4 is 5.32 Å². The third kappa shape index (κ3) is 2.52. The van der Waals surface area contributed by atoms with Crippen molar-refractivity contribution in [1.29, 1.82) is 5.26 Å². The van der Waals surface area contributed by atoms with Crippen LogP contribution in [-0.4, -0.2) is 22.5 Å². The number of hydrogen-bond donors (Lipinski definition) is 2. The highest BCUT2D eigenvalue weighted by molar-refractivity contribution is 6.28. The Hall–Kier alpha value is -3.98. The highest BCUT2D eigenvalue weighted by Crippen LogP contribution is 2.46. The maximum Gasteiger partial charge on any atom is 0.210 e. The number of nitriles is 1. The van der Waals surface area contributed by atoms with E-state index < -0.39 is 5.92 Å². The molecule has 6 nitrogen and oxygen atoms in total. The van der Waals surface area contributed by atoms with Crippen molar-refractivity contribution in [3.63, 3.8) is 0 Å². The number of benzene rings is 2. The zero-order valence-corrected chi connectivity index (χ0v) is 15.9. The summed E-state index contributed by atoms with van der Waals surface area (Å²) in [6, 6.07) is 12.9. The van der Waals surface area contributed by atoms with Gasteiger partial charge in [0.05, 0.1) is 17.3 Å². The van der Waals surface area contributed by atoms with Crippen LogP contribution in [0.4, 0.5) is 0 Å². The van der Waals surface area contributed by atoms with Crippen LogP contribution in [0.3, 0.4) is 0 Å². The van der Waals surface area contributed by atoms with Crippen molar-refractivity contribution in [3.8, 4) is 11.8 Å². The molecule has 0 bridgehead atoms. The number of aromatic hydroxyl groups is 1. The summed E-state index contributed by atoms with van der Waals surface area (Å²) in [5.41, 5.74) is 3.11. The molecule has 0 aromatic heterocycles. The van der Waals surface area contributed by atoms with E-state index in [2.05, 4.69) is 11.4 Å². The molecular formula is C24H16N2O4. The minimum atomic E-state index is -0.691. The van der Waals surface area contributed by atoms with Gasteiger partial charge < -0.3 is 10.4 Å². The summed E-state index contributed by atoms with van der Waals surface area (Å²) >= 11 is 0. The molecule has 0 spiro atoms. The molecule has 2 aromatic carbocycles. The third-order valence-electron chi connectivity index (χ3n) is 5.92. The molecule has 6 heteroatoms. The molecule has 0 saturated heterocycles.